The number of hydrogen-bond acceptors (Lipinski definition) is 4. The Hall–Kier alpha value is -1.56. The van der Waals surface area contributed by atoms with E-state index in [2.05, 4.69) is 0 Å². The highest BCUT2D eigenvalue weighted by molar-refractivity contribution is 7.92. The van der Waals surface area contributed by atoms with Gasteiger partial charge in [-0.3, -0.25) is 4.31 Å². The normalized spacial score (nSPS) is 18.9. The van der Waals surface area contributed by atoms with Crippen molar-refractivity contribution >= 4 is 21.7 Å². The summed E-state index contributed by atoms with van der Waals surface area (Å²) in [4.78, 5) is 10.6. The topological polar surface area (TPSA) is 77.5 Å². The predicted octanol–water partition coefficient (Wildman–Crippen LogP) is -0.0199. The molecule has 0 aromatic heterocycles. The van der Waals surface area contributed by atoms with E-state index in [-0.39, 0.29) is 11.3 Å². The first-order valence-electron chi connectivity index (χ1n) is 5.32. The highest BCUT2D eigenvalue weighted by Crippen LogP contribution is 2.23. The van der Waals surface area contributed by atoms with Gasteiger partial charge in [0.15, 0.2) is 0 Å². The largest absolute Gasteiger partial charge is 0.545 e. The minimum atomic E-state index is -3.24. The second-order valence-corrected chi connectivity index (χ2v) is 5.94. The van der Waals surface area contributed by atoms with Crippen LogP contribution >= 0.6 is 0 Å². The van der Waals surface area contributed by atoms with Crippen LogP contribution in [-0.4, -0.2) is 26.7 Å². The molecule has 2 rings (SSSR count). The lowest BCUT2D eigenvalue weighted by atomic mass is 10.2. The summed E-state index contributed by atoms with van der Waals surface area (Å²) in [5, 5.41) is 10.6. The van der Waals surface area contributed by atoms with Gasteiger partial charge in [-0.2, -0.15) is 0 Å². The maximum atomic E-state index is 11.8. The fraction of sp³-hybridized carbons (Fsp3) is 0.364. The highest BCUT2D eigenvalue weighted by Gasteiger charge is 2.25. The smallest absolute Gasteiger partial charge is 0.235 e. The Labute approximate surface area is 99.7 Å². The van der Waals surface area contributed by atoms with Crippen LogP contribution in [0, 0.1) is 0 Å². The molecule has 1 saturated heterocycles. The number of anilines is 1. The number of aromatic carboxylic acids is 1. The molecule has 5 nitrogen and oxygen atoms in total. The Bertz CT molecular complexity index is 521. The van der Waals surface area contributed by atoms with Gasteiger partial charge in [-0.1, -0.05) is 12.1 Å². The van der Waals surface area contributed by atoms with Crippen molar-refractivity contribution in [2.24, 2.45) is 0 Å². The van der Waals surface area contributed by atoms with E-state index in [1.54, 1.807) is 0 Å². The molecular weight excluding hydrogens is 242 g/mol. The summed E-state index contributed by atoms with van der Waals surface area (Å²) >= 11 is 0. The van der Waals surface area contributed by atoms with Gasteiger partial charge in [0.2, 0.25) is 10.0 Å². The lowest BCUT2D eigenvalue weighted by Crippen LogP contribution is -2.37. The second-order valence-electron chi connectivity index (χ2n) is 3.93. The zero-order valence-corrected chi connectivity index (χ0v) is 9.94. The zero-order chi connectivity index (χ0) is 12.5. The molecule has 17 heavy (non-hydrogen) atoms. The molecule has 1 aromatic rings. The van der Waals surface area contributed by atoms with E-state index in [9.17, 15) is 18.3 Å². The first-order valence-corrected chi connectivity index (χ1v) is 6.93. The number of nitrogens with zero attached hydrogens (tertiary/aromatic N) is 1. The van der Waals surface area contributed by atoms with Gasteiger partial charge in [0, 0.05) is 6.54 Å². The van der Waals surface area contributed by atoms with E-state index < -0.39 is 16.0 Å². The van der Waals surface area contributed by atoms with Crippen molar-refractivity contribution < 1.29 is 18.3 Å². The van der Waals surface area contributed by atoms with E-state index in [0.29, 0.717) is 18.7 Å². The van der Waals surface area contributed by atoms with E-state index in [1.165, 1.54) is 28.6 Å². The maximum absolute atomic E-state index is 11.8. The summed E-state index contributed by atoms with van der Waals surface area (Å²) < 4.78 is 24.9. The van der Waals surface area contributed by atoms with E-state index >= 15 is 0 Å². The van der Waals surface area contributed by atoms with Crippen LogP contribution in [0.25, 0.3) is 0 Å². The van der Waals surface area contributed by atoms with Crippen molar-refractivity contribution in [2.75, 3.05) is 16.6 Å². The maximum Gasteiger partial charge on any atom is 0.235 e. The van der Waals surface area contributed by atoms with Crippen LogP contribution in [0.15, 0.2) is 24.3 Å². The van der Waals surface area contributed by atoms with Crippen LogP contribution in [-0.2, 0) is 10.0 Å². The van der Waals surface area contributed by atoms with Gasteiger partial charge in [-0.05, 0) is 30.5 Å². The van der Waals surface area contributed by atoms with Crippen LogP contribution in [0.4, 0.5) is 5.69 Å². The fourth-order valence-electron chi connectivity index (χ4n) is 1.84. The number of rotatable bonds is 2. The number of carboxylic acid groups (broad SMARTS) is 1. The van der Waals surface area contributed by atoms with Gasteiger partial charge in [0.1, 0.15) is 0 Å². The van der Waals surface area contributed by atoms with Crippen LogP contribution in [0.1, 0.15) is 23.2 Å². The molecule has 1 aliphatic heterocycles. The molecule has 6 heteroatoms. The van der Waals surface area contributed by atoms with Gasteiger partial charge in [0.05, 0.1) is 17.4 Å². The minimum Gasteiger partial charge on any atom is -0.545 e. The molecule has 0 aliphatic carbocycles. The summed E-state index contributed by atoms with van der Waals surface area (Å²) in [5.74, 6) is -1.12. The first-order chi connectivity index (χ1) is 8.00. The van der Waals surface area contributed by atoms with Crippen LogP contribution in [0.5, 0.6) is 0 Å². The Morgan fingerprint density at radius 3 is 2.35 bits per heavy atom. The van der Waals surface area contributed by atoms with Crippen molar-refractivity contribution in [1.82, 2.24) is 0 Å². The lowest BCUT2D eigenvalue weighted by molar-refractivity contribution is -0.255. The summed E-state index contributed by atoms with van der Waals surface area (Å²) in [7, 11) is -3.24. The molecule has 0 amide bonds. The molecule has 0 saturated carbocycles. The average Bonchev–Trinajstić information content (AvgIpc) is 2.28. The quantitative estimate of drug-likeness (QED) is 0.743. The van der Waals surface area contributed by atoms with Gasteiger partial charge in [-0.25, -0.2) is 8.42 Å². The number of carbonyl (C=O) groups excluding carboxylic acids is 1. The molecule has 0 spiro atoms. The molecule has 0 unspecified atom stereocenters. The summed E-state index contributed by atoms with van der Waals surface area (Å²) in [6, 6.07) is 5.70. The third kappa shape index (κ3) is 2.41. The molecule has 0 radical (unpaired) electrons. The molecule has 1 aromatic carbocycles. The number of sulfonamides is 1. The van der Waals surface area contributed by atoms with Gasteiger partial charge in [0.25, 0.3) is 0 Å². The molecule has 0 atom stereocenters. The highest BCUT2D eigenvalue weighted by atomic mass is 32.2. The van der Waals surface area contributed by atoms with Crippen LogP contribution in [0.3, 0.4) is 0 Å². The molecule has 1 heterocycles. The number of carboxylic acids is 1. The number of hydrogen-bond donors (Lipinski definition) is 0. The van der Waals surface area contributed by atoms with Crippen molar-refractivity contribution in [2.45, 2.75) is 12.8 Å². The van der Waals surface area contributed by atoms with Gasteiger partial charge >= 0.3 is 0 Å². The Balaban J connectivity index is 2.30. The van der Waals surface area contributed by atoms with Crippen molar-refractivity contribution in [3.63, 3.8) is 0 Å². The Morgan fingerprint density at radius 2 is 1.82 bits per heavy atom. The van der Waals surface area contributed by atoms with E-state index in [0.717, 1.165) is 6.42 Å². The monoisotopic (exact) mass is 254 g/mol. The molecule has 1 aliphatic rings. The SMILES string of the molecule is O=C([O-])c1ccc(N2CCCCS2(=O)=O)cc1. The van der Waals surface area contributed by atoms with Crippen LogP contribution in [0.2, 0.25) is 0 Å². The Morgan fingerprint density at radius 1 is 1.18 bits per heavy atom. The molecule has 0 N–H and O–H groups in total. The summed E-state index contributed by atoms with van der Waals surface area (Å²) in [6.45, 7) is 0.451. The van der Waals surface area contributed by atoms with Crippen LogP contribution < -0.4 is 9.41 Å². The minimum absolute atomic E-state index is 0.0446. The van der Waals surface area contributed by atoms with Gasteiger partial charge < -0.3 is 9.90 Å². The third-order valence-electron chi connectivity index (χ3n) is 2.74. The molecule has 1 fully saturated rings. The second kappa shape index (κ2) is 4.37. The van der Waals surface area contributed by atoms with Crippen molar-refractivity contribution in [1.29, 1.82) is 0 Å². The fourth-order valence-corrected chi connectivity index (χ4v) is 3.48. The summed E-state index contributed by atoms with van der Waals surface area (Å²) in [6.07, 6.45) is 1.50. The molecule has 0 bridgehead atoms. The lowest BCUT2D eigenvalue weighted by Gasteiger charge is -2.28. The van der Waals surface area contributed by atoms with Crippen molar-refractivity contribution in [3.8, 4) is 0 Å². The third-order valence-corrected chi connectivity index (χ3v) is 4.61. The standard InChI is InChI=1S/C11H13NO4S/c13-11(14)9-3-5-10(6-4-9)12-7-1-2-8-17(12,15)16/h3-6H,1-2,7-8H2,(H,13,14)/p-1. The number of benzene rings is 1. The zero-order valence-electron chi connectivity index (χ0n) is 9.13. The number of carbonyl (C=O) groups is 1. The first kappa shape index (κ1) is 11.9. The van der Waals surface area contributed by atoms with E-state index in [4.69, 9.17) is 0 Å². The predicted molar refractivity (Wildman–Crippen MR) is 61.1 cm³/mol. The molecular formula is C11H12NO4S-. The van der Waals surface area contributed by atoms with Crippen molar-refractivity contribution in [3.05, 3.63) is 29.8 Å². The Kier molecular flexibility index (Phi) is 3.06. The van der Waals surface area contributed by atoms with Gasteiger partial charge in [-0.15, -0.1) is 0 Å². The molecule has 92 valence electrons. The summed E-state index contributed by atoms with van der Waals surface area (Å²) in [5.41, 5.74) is 0.554. The average molecular weight is 254 g/mol. The van der Waals surface area contributed by atoms with E-state index in [1.807, 2.05) is 0 Å².